The molecule has 2 amide bonds. The number of hydrogen-bond donors (Lipinski definition) is 2. The lowest BCUT2D eigenvalue weighted by Gasteiger charge is -2.30. The fourth-order valence-corrected chi connectivity index (χ4v) is 1.14. The van der Waals surface area contributed by atoms with Gasteiger partial charge in [-0.05, 0) is 0 Å². The molecule has 1 fully saturated rings. The average molecular weight is 186 g/mol. The minimum absolute atomic E-state index is 0.0284. The fourth-order valence-electron chi connectivity index (χ4n) is 1.14. The van der Waals surface area contributed by atoms with Crippen LogP contribution in [0.2, 0.25) is 0 Å². The number of hydroxylamine groups is 2. The molecule has 2 heterocycles. The molecule has 1 unspecified atom stereocenters. The summed E-state index contributed by atoms with van der Waals surface area (Å²) in [5, 5.41) is 18.0. The van der Waals surface area contributed by atoms with Crippen LogP contribution in [0, 0.1) is 0 Å². The second-order valence-corrected chi connectivity index (χ2v) is 2.59. The van der Waals surface area contributed by atoms with Crippen molar-refractivity contribution in [3.63, 3.8) is 0 Å². The van der Waals surface area contributed by atoms with Gasteiger partial charge in [0.2, 0.25) is 6.23 Å². The summed E-state index contributed by atoms with van der Waals surface area (Å²) in [6, 6.07) is 0. The van der Waals surface area contributed by atoms with Crippen molar-refractivity contribution in [2.24, 2.45) is 0 Å². The van der Waals surface area contributed by atoms with E-state index in [2.05, 4.69) is 0 Å². The van der Waals surface area contributed by atoms with Gasteiger partial charge in [-0.25, -0.2) is 0 Å². The van der Waals surface area contributed by atoms with E-state index in [4.69, 9.17) is 15.1 Å². The van der Waals surface area contributed by atoms with Gasteiger partial charge in [-0.3, -0.25) is 19.7 Å². The van der Waals surface area contributed by atoms with Crippen LogP contribution in [0.3, 0.4) is 0 Å². The molecule has 1 saturated heterocycles. The van der Waals surface area contributed by atoms with Gasteiger partial charge in [0.1, 0.15) is 12.0 Å². The highest BCUT2D eigenvalue weighted by atomic mass is 16.6. The highest BCUT2D eigenvalue weighted by molar-refractivity contribution is 6.03. The molecule has 0 saturated carbocycles. The Bertz CT molecular complexity index is 312. The van der Waals surface area contributed by atoms with E-state index in [1.54, 1.807) is 0 Å². The molecule has 70 valence electrons. The highest BCUT2D eigenvalue weighted by Gasteiger charge is 2.44. The number of carbonyl (C=O) groups excluding carboxylic acids is 2. The first-order valence-electron chi connectivity index (χ1n) is 3.46. The minimum Gasteiger partial charge on any atom is -0.478 e. The summed E-state index contributed by atoms with van der Waals surface area (Å²) >= 11 is 0. The summed E-state index contributed by atoms with van der Waals surface area (Å²) in [7, 11) is 0. The number of rotatable bonds is 0. The molecule has 2 aliphatic heterocycles. The van der Waals surface area contributed by atoms with Gasteiger partial charge >= 0.3 is 0 Å². The zero-order chi connectivity index (χ0) is 9.59. The van der Waals surface area contributed by atoms with Crippen molar-refractivity contribution in [3.8, 4) is 0 Å². The van der Waals surface area contributed by atoms with Crippen molar-refractivity contribution >= 4 is 11.8 Å². The van der Waals surface area contributed by atoms with Crippen LogP contribution in [0.1, 0.15) is 0 Å². The molecule has 7 heteroatoms. The number of amides is 2. The number of ether oxygens (including phenoxy) is 1. The lowest BCUT2D eigenvalue weighted by molar-refractivity contribution is -0.216. The summed E-state index contributed by atoms with van der Waals surface area (Å²) in [5.41, 5.74) is -0.0715. The second-order valence-electron chi connectivity index (χ2n) is 2.59. The number of nitrogens with zero attached hydrogens (tertiary/aromatic N) is 2. The number of piperazine rings is 1. The first-order chi connectivity index (χ1) is 6.13. The van der Waals surface area contributed by atoms with Crippen LogP contribution in [-0.2, 0) is 14.3 Å². The first kappa shape index (κ1) is 8.02. The number of carbonyl (C=O) groups is 2. The van der Waals surface area contributed by atoms with E-state index in [1.165, 1.54) is 0 Å². The molecular formula is C6H6N2O5. The molecule has 0 aromatic rings. The molecule has 0 radical (unpaired) electrons. The summed E-state index contributed by atoms with van der Waals surface area (Å²) < 4.78 is 4.70. The molecular weight excluding hydrogens is 180 g/mol. The average Bonchev–Trinajstić information content (AvgIpc) is 2.59. The number of aliphatic hydroxyl groups is 1. The molecule has 0 aromatic carbocycles. The van der Waals surface area contributed by atoms with E-state index in [1.807, 2.05) is 0 Å². The highest BCUT2D eigenvalue weighted by Crippen LogP contribution is 2.22. The number of fused-ring (bicyclic) bond motifs is 1. The van der Waals surface area contributed by atoms with Gasteiger partial charge in [-0.15, -0.1) is 0 Å². The van der Waals surface area contributed by atoms with E-state index in [0.717, 1.165) is 11.2 Å². The zero-order valence-electron chi connectivity index (χ0n) is 6.38. The molecule has 0 aromatic heterocycles. The van der Waals surface area contributed by atoms with Gasteiger partial charge in [0.15, 0.2) is 6.73 Å². The molecule has 0 aliphatic carbocycles. The normalized spacial score (nSPS) is 27.2. The van der Waals surface area contributed by atoms with Crippen molar-refractivity contribution in [1.29, 1.82) is 0 Å². The molecule has 2 rings (SSSR count). The van der Waals surface area contributed by atoms with E-state index >= 15 is 0 Å². The summed E-state index contributed by atoms with van der Waals surface area (Å²) in [6.07, 6.45) is -0.777. The van der Waals surface area contributed by atoms with E-state index < -0.39 is 18.0 Å². The number of aliphatic hydroxyl groups excluding tert-OH is 1. The van der Waals surface area contributed by atoms with Crippen molar-refractivity contribution in [3.05, 3.63) is 12.0 Å². The fraction of sp³-hybridized carbons (Fsp3) is 0.333. The second kappa shape index (κ2) is 2.44. The summed E-state index contributed by atoms with van der Waals surface area (Å²) in [6.45, 7) is -0.106. The lowest BCUT2D eigenvalue weighted by atomic mass is 10.3. The third-order valence-electron chi connectivity index (χ3n) is 1.84. The van der Waals surface area contributed by atoms with Crippen LogP contribution in [-0.4, -0.2) is 45.0 Å². The monoisotopic (exact) mass is 186 g/mol. The summed E-state index contributed by atoms with van der Waals surface area (Å²) in [4.78, 5) is 23.3. The molecule has 0 bridgehead atoms. The maximum absolute atomic E-state index is 11.2. The van der Waals surface area contributed by atoms with Crippen LogP contribution in [0.4, 0.5) is 0 Å². The van der Waals surface area contributed by atoms with Gasteiger partial charge < -0.3 is 9.84 Å². The Hall–Kier alpha value is -1.60. The standard InChI is InChI=1S/C6H6N2O5/c9-4-3-1-13-2-7(3)5(10)6(11)8(4)12/h1,6,11-12H,2H2. The van der Waals surface area contributed by atoms with Gasteiger partial charge in [-0.1, -0.05) is 0 Å². The van der Waals surface area contributed by atoms with Crippen molar-refractivity contribution < 1.29 is 24.6 Å². The molecule has 13 heavy (non-hydrogen) atoms. The van der Waals surface area contributed by atoms with Crippen LogP contribution in [0.15, 0.2) is 12.0 Å². The Balaban J connectivity index is 2.38. The third kappa shape index (κ3) is 0.910. The Morgan fingerprint density at radius 3 is 2.92 bits per heavy atom. The largest absolute Gasteiger partial charge is 0.478 e. The predicted molar refractivity (Wildman–Crippen MR) is 35.5 cm³/mol. The third-order valence-corrected chi connectivity index (χ3v) is 1.84. The minimum atomic E-state index is -1.84. The Labute approximate surface area is 72.4 Å². The molecule has 2 aliphatic rings. The zero-order valence-corrected chi connectivity index (χ0v) is 6.38. The Morgan fingerprint density at radius 1 is 1.54 bits per heavy atom. The number of hydrogen-bond acceptors (Lipinski definition) is 5. The Morgan fingerprint density at radius 2 is 2.23 bits per heavy atom. The predicted octanol–water partition coefficient (Wildman–Crippen LogP) is -1.81. The van der Waals surface area contributed by atoms with Gasteiger partial charge in [0, 0.05) is 0 Å². The first-order valence-corrected chi connectivity index (χ1v) is 3.46. The van der Waals surface area contributed by atoms with Crippen molar-refractivity contribution in [2.75, 3.05) is 6.73 Å². The Kier molecular flexibility index (Phi) is 1.51. The maximum Gasteiger partial charge on any atom is 0.300 e. The van der Waals surface area contributed by atoms with Crippen LogP contribution in [0.5, 0.6) is 0 Å². The van der Waals surface area contributed by atoms with Crippen LogP contribution >= 0.6 is 0 Å². The molecule has 2 N–H and O–H groups in total. The quantitative estimate of drug-likeness (QED) is 0.435. The van der Waals surface area contributed by atoms with Gasteiger partial charge in [-0.2, -0.15) is 5.06 Å². The smallest absolute Gasteiger partial charge is 0.300 e. The lowest BCUT2D eigenvalue weighted by Crippen LogP contribution is -2.56. The van der Waals surface area contributed by atoms with Crippen LogP contribution in [0.25, 0.3) is 0 Å². The van der Waals surface area contributed by atoms with E-state index in [9.17, 15) is 9.59 Å². The van der Waals surface area contributed by atoms with Crippen molar-refractivity contribution in [1.82, 2.24) is 9.96 Å². The SMILES string of the molecule is O=C1C(O)N(O)C(=O)C2=COCN12. The van der Waals surface area contributed by atoms with E-state index in [0.29, 0.717) is 0 Å². The molecule has 0 spiro atoms. The van der Waals surface area contributed by atoms with Gasteiger partial charge in [0.25, 0.3) is 11.8 Å². The van der Waals surface area contributed by atoms with Crippen molar-refractivity contribution in [2.45, 2.75) is 6.23 Å². The topological polar surface area (TPSA) is 90.3 Å². The maximum atomic E-state index is 11.2. The summed E-state index contributed by atoms with van der Waals surface area (Å²) in [5.74, 6) is -1.64. The molecule has 1 atom stereocenters. The van der Waals surface area contributed by atoms with Gasteiger partial charge in [0.05, 0.1) is 0 Å². The molecule has 7 nitrogen and oxygen atoms in total. The van der Waals surface area contributed by atoms with Crippen LogP contribution < -0.4 is 0 Å². The van der Waals surface area contributed by atoms with E-state index in [-0.39, 0.29) is 17.5 Å².